The van der Waals surface area contributed by atoms with E-state index in [-0.39, 0.29) is 16.1 Å². The number of nitrogens with zero attached hydrogens (tertiary/aromatic N) is 1. The third-order valence-electron chi connectivity index (χ3n) is 5.90. The molecule has 2 aromatic rings. The molecule has 5 rings (SSSR count). The zero-order valence-electron chi connectivity index (χ0n) is 14.8. The summed E-state index contributed by atoms with van der Waals surface area (Å²) in [6.45, 7) is 0.415. The van der Waals surface area contributed by atoms with E-state index in [0.717, 1.165) is 37.0 Å². The maximum atomic E-state index is 13.6. The Morgan fingerprint density at radius 1 is 1.11 bits per heavy atom. The summed E-state index contributed by atoms with van der Waals surface area (Å²) in [4.78, 5) is 0. The van der Waals surface area contributed by atoms with Crippen LogP contribution in [0.15, 0.2) is 16.7 Å². The number of hydrogen-bond donors (Lipinski definition) is 1. The van der Waals surface area contributed by atoms with Crippen LogP contribution in [0.25, 0.3) is 11.3 Å². The first kappa shape index (κ1) is 17.9. The van der Waals surface area contributed by atoms with Gasteiger partial charge in [0, 0.05) is 29.1 Å². The Kier molecular flexibility index (Phi) is 4.67. The summed E-state index contributed by atoms with van der Waals surface area (Å²) in [5, 5.41) is 8.34. The van der Waals surface area contributed by atoms with Gasteiger partial charge in [-0.1, -0.05) is 28.4 Å². The van der Waals surface area contributed by atoms with E-state index in [9.17, 15) is 4.39 Å². The smallest absolute Gasteiger partial charge is 0.145 e. The first-order chi connectivity index (χ1) is 13.1. The second-order valence-corrected chi connectivity index (χ2v) is 8.75. The molecule has 3 heterocycles. The van der Waals surface area contributed by atoms with Gasteiger partial charge >= 0.3 is 0 Å². The molecular weight excluding hydrogens is 390 g/mol. The van der Waals surface area contributed by atoms with E-state index in [2.05, 4.69) is 10.5 Å². The van der Waals surface area contributed by atoms with Gasteiger partial charge in [0.1, 0.15) is 17.3 Å². The molecule has 3 atom stereocenters. The Bertz CT molecular complexity index is 833. The molecule has 1 aromatic heterocycles. The SMILES string of the molecule is Fc1cc(Cl)c(-c2noc(C3CC3)c2COC2C[C@H]3CC[C@@H](C2)N3)c(Cl)c1. The predicted molar refractivity (Wildman–Crippen MR) is 102 cm³/mol. The van der Waals surface area contributed by atoms with Crippen LogP contribution >= 0.6 is 23.2 Å². The van der Waals surface area contributed by atoms with Crippen LogP contribution in [0.2, 0.25) is 10.0 Å². The Labute approximate surface area is 167 Å². The summed E-state index contributed by atoms with van der Waals surface area (Å²) in [6, 6.07) is 3.64. The van der Waals surface area contributed by atoms with Gasteiger partial charge in [-0.25, -0.2) is 4.39 Å². The van der Waals surface area contributed by atoms with Gasteiger partial charge in [0.2, 0.25) is 0 Å². The second kappa shape index (κ2) is 7.03. The summed E-state index contributed by atoms with van der Waals surface area (Å²) in [5.41, 5.74) is 1.99. The highest BCUT2D eigenvalue weighted by atomic mass is 35.5. The minimum atomic E-state index is -0.470. The molecule has 0 radical (unpaired) electrons. The van der Waals surface area contributed by atoms with Crippen molar-refractivity contribution in [3.05, 3.63) is 39.3 Å². The fourth-order valence-corrected chi connectivity index (χ4v) is 5.07. The van der Waals surface area contributed by atoms with Crippen molar-refractivity contribution in [2.75, 3.05) is 0 Å². The summed E-state index contributed by atoms with van der Waals surface area (Å²) in [5.74, 6) is 0.771. The van der Waals surface area contributed by atoms with Crippen molar-refractivity contribution in [3.63, 3.8) is 0 Å². The minimum absolute atomic E-state index is 0.233. The van der Waals surface area contributed by atoms with E-state index >= 15 is 0 Å². The summed E-state index contributed by atoms with van der Waals surface area (Å²) < 4.78 is 25.5. The van der Waals surface area contributed by atoms with Crippen LogP contribution in [-0.4, -0.2) is 23.3 Å². The van der Waals surface area contributed by atoms with E-state index in [4.69, 9.17) is 32.5 Å². The average Bonchev–Trinajstić information content (AvgIpc) is 3.30. The van der Waals surface area contributed by atoms with Crippen LogP contribution in [0, 0.1) is 5.82 Å². The normalized spacial score (nSPS) is 27.3. The summed E-state index contributed by atoms with van der Waals surface area (Å²) >= 11 is 12.6. The number of piperidine rings is 1. The third-order valence-corrected chi connectivity index (χ3v) is 6.50. The Hall–Kier alpha value is -1.14. The van der Waals surface area contributed by atoms with Gasteiger partial charge in [0.25, 0.3) is 0 Å². The largest absolute Gasteiger partial charge is 0.373 e. The highest BCUT2D eigenvalue weighted by Gasteiger charge is 2.36. The molecule has 2 bridgehead atoms. The van der Waals surface area contributed by atoms with Crippen LogP contribution < -0.4 is 5.32 Å². The van der Waals surface area contributed by atoms with Gasteiger partial charge < -0.3 is 14.6 Å². The van der Waals surface area contributed by atoms with Crippen LogP contribution in [0.1, 0.15) is 55.8 Å². The van der Waals surface area contributed by atoms with Gasteiger partial charge in [-0.15, -0.1) is 0 Å². The quantitative estimate of drug-likeness (QED) is 0.710. The van der Waals surface area contributed by atoms with E-state index in [0.29, 0.717) is 35.9 Å². The lowest BCUT2D eigenvalue weighted by atomic mass is 10.0. The maximum Gasteiger partial charge on any atom is 0.145 e. The number of ether oxygens (including phenoxy) is 1. The topological polar surface area (TPSA) is 47.3 Å². The monoisotopic (exact) mass is 410 g/mol. The van der Waals surface area contributed by atoms with E-state index < -0.39 is 5.82 Å². The lowest BCUT2D eigenvalue weighted by Gasteiger charge is -2.29. The molecule has 3 aliphatic rings. The van der Waals surface area contributed by atoms with Crippen molar-refractivity contribution in [1.29, 1.82) is 0 Å². The number of fused-ring (bicyclic) bond motifs is 2. The molecule has 1 unspecified atom stereocenters. The zero-order chi connectivity index (χ0) is 18.5. The first-order valence-electron chi connectivity index (χ1n) is 9.59. The molecule has 0 spiro atoms. The molecule has 2 saturated heterocycles. The fraction of sp³-hybridized carbons (Fsp3) is 0.550. The molecule has 4 nitrogen and oxygen atoms in total. The predicted octanol–water partition coefficient (Wildman–Crippen LogP) is 5.46. The van der Waals surface area contributed by atoms with E-state index in [1.54, 1.807) is 0 Å². The van der Waals surface area contributed by atoms with E-state index in [1.807, 2.05) is 0 Å². The van der Waals surface area contributed by atoms with Crippen molar-refractivity contribution in [2.24, 2.45) is 0 Å². The standard InChI is InChI=1S/C20H21Cl2FN2O2/c21-16-5-11(23)6-17(22)18(16)19-15(20(27-25-19)10-1-2-10)9-26-14-7-12-3-4-13(8-14)24-12/h5-6,10,12-14,24H,1-4,7-9H2/t12-,13+,14?. The summed E-state index contributed by atoms with van der Waals surface area (Å²) in [7, 11) is 0. The third kappa shape index (κ3) is 3.51. The Morgan fingerprint density at radius 3 is 2.41 bits per heavy atom. The van der Waals surface area contributed by atoms with Crippen LogP contribution in [0.3, 0.4) is 0 Å². The molecule has 1 N–H and O–H groups in total. The van der Waals surface area contributed by atoms with E-state index in [1.165, 1.54) is 25.0 Å². The van der Waals surface area contributed by atoms with Crippen molar-refractivity contribution in [2.45, 2.75) is 69.2 Å². The number of aromatic nitrogens is 1. The maximum absolute atomic E-state index is 13.6. The van der Waals surface area contributed by atoms with Crippen LogP contribution in [0.5, 0.6) is 0 Å². The molecule has 27 heavy (non-hydrogen) atoms. The van der Waals surface area contributed by atoms with Gasteiger partial charge in [-0.05, 0) is 50.7 Å². The average molecular weight is 411 g/mol. The lowest BCUT2D eigenvalue weighted by molar-refractivity contribution is 0.00876. The minimum Gasteiger partial charge on any atom is -0.373 e. The van der Waals surface area contributed by atoms with Crippen LogP contribution in [-0.2, 0) is 11.3 Å². The number of benzene rings is 1. The highest BCUT2D eigenvalue weighted by molar-refractivity contribution is 6.39. The molecule has 3 fully saturated rings. The van der Waals surface area contributed by atoms with Crippen molar-refractivity contribution >= 4 is 23.2 Å². The van der Waals surface area contributed by atoms with Gasteiger partial charge in [0.15, 0.2) is 0 Å². The molecule has 7 heteroatoms. The molecule has 1 aromatic carbocycles. The highest BCUT2D eigenvalue weighted by Crippen LogP contribution is 2.46. The van der Waals surface area contributed by atoms with Crippen molar-refractivity contribution in [1.82, 2.24) is 10.5 Å². The number of rotatable bonds is 5. The molecule has 2 aliphatic heterocycles. The Morgan fingerprint density at radius 2 is 1.78 bits per heavy atom. The molecule has 1 saturated carbocycles. The van der Waals surface area contributed by atoms with Crippen molar-refractivity contribution < 1.29 is 13.7 Å². The van der Waals surface area contributed by atoms with Gasteiger partial charge in [-0.2, -0.15) is 0 Å². The fourth-order valence-electron chi connectivity index (χ4n) is 4.43. The number of nitrogens with one attached hydrogen (secondary N) is 1. The molecule has 1 aliphatic carbocycles. The second-order valence-electron chi connectivity index (χ2n) is 7.93. The zero-order valence-corrected chi connectivity index (χ0v) is 16.3. The number of hydrogen-bond acceptors (Lipinski definition) is 4. The van der Waals surface area contributed by atoms with Gasteiger partial charge in [-0.3, -0.25) is 0 Å². The molecule has 0 amide bonds. The lowest BCUT2D eigenvalue weighted by Crippen LogP contribution is -2.41. The van der Waals surface area contributed by atoms with Crippen LogP contribution in [0.4, 0.5) is 4.39 Å². The first-order valence-corrected chi connectivity index (χ1v) is 10.3. The number of halogens is 3. The van der Waals surface area contributed by atoms with Crippen molar-refractivity contribution in [3.8, 4) is 11.3 Å². The van der Waals surface area contributed by atoms with Gasteiger partial charge in [0.05, 0.1) is 22.8 Å². The molecule has 144 valence electrons. The summed E-state index contributed by atoms with van der Waals surface area (Å²) in [6.07, 6.45) is 6.95. The Balaban J connectivity index is 1.44. The molecular formula is C20H21Cl2FN2O2.